The number of rotatable bonds is 2. The Balaban J connectivity index is 1.39. The number of aliphatic hydroxyl groups is 1. The first-order valence-corrected chi connectivity index (χ1v) is 14.7. The van der Waals surface area contributed by atoms with E-state index in [9.17, 15) is 15.0 Å². The van der Waals surface area contributed by atoms with E-state index in [1.165, 1.54) is 32.1 Å². The number of carbonyl (C=O) groups is 1. The van der Waals surface area contributed by atoms with Gasteiger partial charge < -0.3 is 10.2 Å². The van der Waals surface area contributed by atoms with E-state index in [2.05, 4.69) is 41.5 Å². The quantitative estimate of drug-likeness (QED) is 0.450. The minimum Gasteiger partial charge on any atom is -0.481 e. The fourth-order valence-corrected chi connectivity index (χ4v) is 12.4. The summed E-state index contributed by atoms with van der Waals surface area (Å²) in [6.45, 7) is 14.9. The van der Waals surface area contributed by atoms with Crippen LogP contribution in [0.25, 0.3) is 0 Å². The van der Waals surface area contributed by atoms with Crippen molar-refractivity contribution in [3.63, 3.8) is 0 Å². The lowest BCUT2D eigenvalue weighted by molar-refractivity contribution is -0.249. The molecule has 6 aliphatic carbocycles. The lowest BCUT2D eigenvalue weighted by Gasteiger charge is -2.72. The third-order valence-corrected chi connectivity index (χ3v) is 14.6. The Morgan fingerprint density at radius 3 is 2.12 bits per heavy atom. The van der Waals surface area contributed by atoms with Gasteiger partial charge in [-0.2, -0.15) is 0 Å². The Kier molecular flexibility index (Phi) is 4.93. The van der Waals surface area contributed by atoms with Gasteiger partial charge in [0, 0.05) is 0 Å². The molecule has 34 heavy (non-hydrogen) atoms. The smallest absolute Gasteiger partial charge is 0.309 e. The standard InChI is InChI=1S/C31H50O3/c1-18-17-20(18)19-9-14-31(26(33)34)16-15-29(5)21(25(19)31)7-8-23-28(4)12-11-24(32)27(2,3)22(28)10-13-30(23,29)6/h18-25,32H,7-17H2,1-6H3,(H,33,34)/t18?,19-,20?,21?,22-,23+,24+,25-,28-,29+,30+,31-/m0/s1. The molecule has 3 nitrogen and oxygen atoms in total. The number of fused-ring (bicyclic) bond motifs is 7. The van der Waals surface area contributed by atoms with E-state index in [1.54, 1.807) is 0 Å². The van der Waals surface area contributed by atoms with Crippen molar-refractivity contribution in [2.45, 2.75) is 118 Å². The van der Waals surface area contributed by atoms with E-state index in [1.807, 2.05) is 0 Å². The number of aliphatic hydroxyl groups excluding tert-OH is 1. The van der Waals surface area contributed by atoms with Gasteiger partial charge in [0.1, 0.15) is 0 Å². The molecule has 0 radical (unpaired) electrons. The highest BCUT2D eigenvalue weighted by Crippen LogP contribution is 2.78. The summed E-state index contributed by atoms with van der Waals surface area (Å²) in [5.74, 6) is 4.02. The molecule has 3 unspecified atom stereocenters. The van der Waals surface area contributed by atoms with Crippen molar-refractivity contribution in [1.29, 1.82) is 0 Å². The second kappa shape index (κ2) is 7.05. The van der Waals surface area contributed by atoms with E-state index in [-0.39, 0.29) is 22.3 Å². The predicted molar refractivity (Wildman–Crippen MR) is 135 cm³/mol. The van der Waals surface area contributed by atoms with Crippen LogP contribution in [-0.2, 0) is 4.79 Å². The molecule has 0 amide bonds. The van der Waals surface area contributed by atoms with Crippen LogP contribution < -0.4 is 0 Å². The third kappa shape index (κ3) is 2.67. The van der Waals surface area contributed by atoms with Crippen LogP contribution in [0.2, 0.25) is 0 Å². The Morgan fingerprint density at radius 1 is 0.765 bits per heavy atom. The maximum absolute atomic E-state index is 12.9. The zero-order chi connectivity index (χ0) is 24.5. The molecule has 0 saturated heterocycles. The van der Waals surface area contributed by atoms with Crippen molar-refractivity contribution in [1.82, 2.24) is 0 Å². The second-order valence-corrected chi connectivity index (χ2v) is 15.6. The van der Waals surface area contributed by atoms with Crippen molar-refractivity contribution < 1.29 is 15.0 Å². The Morgan fingerprint density at radius 2 is 1.47 bits per heavy atom. The number of aliphatic carboxylic acids is 1. The van der Waals surface area contributed by atoms with Gasteiger partial charge in [0.25, 0.3) is 0 Å². The Hall–Kier alpha value is -0.570. The van der Waals surface area contributed by atoms with Crippen LogP contribution in [0.4, 0.5) is 0 Å². The van der Waals surface area contributed by atoms with Gasteiger partial charge in [0.15, 0.2) is 0 Å². The molecule has 6 aliphatic rings. The largest absolute Gasteiger partial charge is 0.481 e. The van der Waals surface area contributed by atoms with Crippen LogP contribution in [0.5, 0.6) is 0 Å². The molecule has 2 N–H and O–H groups in total. The molecular weight excluding hydrogens is 420 g/mol. The highest BCUT2D eigenvalue weighted by atomic mass is 16.4. The number of hydrogen-bond acceptors (Lipinski definition) is 2. The molecule has 3 heteroatoms. The number of hydrogen-bond donors (Lipinski definition) is 2. The number of carboxylic acids is 1. The fraction of sp³-hybridized carbons (Fsp3) is 0.968. The van der Waals surface area contributed by atoms with Gasteiger partial charge in [-0.3, -0.25) is 4.79 Å². The summed E-state index contributed by atoms with van der Waals surface area (Å²) in [6.07, 6.45) is 12.4. The van der Waals surface area contributed by atoms with E-state index in [0.717, 1.165) is 50.4 Å². The summed E-state index contributed by atoms with van der Waals surface area (Å²) in [4.78, 5) is 12.9. The predicted octanol–water partition coefficient (Wildman–Crippen LogP) is 7.17. The van der Waals surface area contributed by atoms with Crippen LogP contribution >= 0.6 is 0 Å². The highest BCUT2D eigenvalue weighted by Gasteiger charge is 2.72. The Bertz CT molecular complexity index is 880. The molecule has 0 aliphatic heterocycles. The fourth-order valence-electron chi connectivity index (χ4n) is 12.4. The maximum atomic E-state index is 12.9. The lowest BCUT2D eigenvalue weighted by atomic mass is 9.32. The minimum atomic E-state index is -0.471. The topological polar surface area (TPSA) is 57.5 Å². The Labute approximate surface area is 207 Å². The van der Waals surface area contributed by atoms with Crippen LogP contribution in [0.3, 0.4) is 0 Å². The molecule has 6 rings (SSSR count). The van der Waals surface area contributed by atoms with Crippen molar-refractivity contribution in [2.75, 3.05) is 0 Å². The summed E-state index contributed by atoms with van der Waals surface area (Å²) < 4.78 is 0. The van der Waals surface area contributed by atoms with Gasteiger partial charge in [-0.05, 0) is 134 Å². The van der Waals surface area contributed by atoms with Crippen molar-refractivity contribution >= 4 is 5.97 Å². The monoisotopic (exact) mass is 470 g/mol. The van der Waals surface area contributed by atoms with Crippen molar-refractivity contribution in [2.24, 2.45) is 68.5 Å². The summed E-state index contributed by atoms with van der Waals surface area (Å²) >= 11 is 0. The van der Waals surface area contributed by atoms with Crippen molar-refractivity contribution in [3.05, 3.63) is 0 Å². The molecule has 6 fully saturated rings. The second-order valence-electron chi connectivity index (χ2n) is 15.6. The normalized spacial score (nSPS) is 59.9. The molecule has 12 atom stereocenters. The zero-order valence-electron chi connectivity index (χ0n) is 22.7. The van der Waals surface area contributed by atoms with Gasteiger partial charge in [-0.25, -0.2) is 0 Å². The molecule has 192 valence electrons. The van der Waals surface area contributed by atoms with Crippen LogP contribution in [-0.4, -0.2) is 22.3 Å². The number of carboxylic acid groups (broad SMARTS) is 1. The highest BCUT2D eigenvalue weighted by molar-refractivity contribution is 5.76. The van der Waals surface area contributed by atoms with Gasteiger partial charge in [0.2, 0.25) is 0 Å². The first kappa shape index (κ1) is 23.8. The van der Waals surface area contributed by atoms with Gasteiger partial charge in [-0.15, -0.1) is 0 Å². The van der Waals surface area contributed by atoms with E-state index >= 15 is 0 Å². The summed E-state index contributed by atoms with van der Waals surface area (Å²) in [5, 5.41) is 21.5. The van der Waals surface area contributed by atoms with Crippen LogP contribution in [0.1, 0.15) is 112 Å². The maximum Gasteiger partial charge on any atom is 0.309 e. The van der Waals surface area contributed by atoms with Gasteiger partial charge in [-0.1, -0.05) is 41.5 Å². The molecule has 0 aromatic rings. The minimum absolute atomic E-state index is 0.00420. The average Bonchev–Trinajstić information content (AvgIpc) is 3.35. The van der Waals surface area contributed by atoms with Gasteiger partial charge >= 0.3 is 5.97 Å². The first-order valence-electron chi connectivity index (χ1n) is 14.7. The van der Waals surface area contributed by atoms with E-state index in [0.29, 0.717) is 35.0 Å². The molecule has 6 saturated carbocycles. The zero-order valence-corrected chi connectivity index (χ0v) is 22.7. The summed E-state index contributed by atoms with van der Waals surface area (Å²) in [7, 11) is 0. The molecular formula is C31H50O3. The average molecular weight is 471 g/mol. The lowest BCUT2D eigenvalue weighted by Crippen LogP contribution is -2.67. The summed E-state index contributed by atoms with van der Waals surface area (Å²) in [6, 6.07) is 0. The molecule has 0 aromatic carbocycles. The first-order chi connectivity index (χ1) is 15.8. The molecule has 0 heterocycles. The van der Waals surface area contributed by atoms with Crippen LogP contribution in [0.15, 0.2) is 0 Å². The van der Waals surface area contributed by atoms with E-state index < -0.39 is 11.4 Å². The molecule has 0 spiro atoms. The van der Waals surface area contributed by atoms with E-state index in [4.69, 9.17) is 0 Å². The van der Waals surface area contributed by atoms with Crippen molar-refractivity contribution in [3.8, 4) is 0 Å². The molecule has 0 aromatic heterocycles. The van der Waals surface area contributed by atoms with Crippen LogP contribution in [0, 0.1) is 68.5 Å². The molecule has 0 bridgehead atoms. The van der Waals surface area contributed by atoms with Gasteiger partial charge in [0.05, 0.1) is 11.5 Å². The SMILES string of the molecule is CC1CC1[C@@H]1CC[C@]2(C(=O)O)CC[C@]3(C)C(CC[C@@H]4[C@@]5(C)CC[C@@H](O)C(C)(C)[C@@H]5CC[C@]43C)[C@H]12. The third-order valence-electron chi connectivity index (χ3n) is 14.6. The summed E-state index contributed by atoms with van der Waals surface area (Å²) in [5.41, 5.74) is 0.375.